The average molecular weight is 302 g/mol. The van der Waals surface area contributed by atoms with Gasteiger partial charge >= 0.3 is 5.97 Å². The third-order valence-electron chi connectivity index (χ3n) is 2.45. The first-order valence-corrected chi connectivity index (χ1v) is 6.12. The monoisotopic (exact) mass is 301 g/mol. The van der Waals surface area contributed by atoms with Gasteiger partial charge in [0, 0.05) is 17.6 Å². The lowest BCUT2D eigenvalue weighted by molar-refractivity contribution is -0.137. The Morgan fingerprint density at radius 2 is 2.00 bits per heavy atom. The second-order valence-corrected chi connectivity index (χ2v) is 4.89. The number of carbonyl (C=O) groups is 1. The maximum atomic E-state index is 10.4. The number of benzene rings is 1. The maximum absolute atomic E-state index is 10.4. The van der Waals surface area contributed by atoms with Gasteiger partial charge in [0.15, 0.2) is 0 Å². The Morgan fingerprint density at radius 3 is 2.53 bits per heavy atom. The highest BCUT2D eigenvalue weighted by Gasteiger charge is 2.11. The Bertz CT molecular complexity index is 367. The Balaban J connectivity index is 2.45. The summed E-state index contributed by atoms with van der Waals surface area (Å²) in [7, 11) is 1.80. The van der Waals surface area contributed by atoms with Crippen LogP contribution in [0.25, 0.3) is 0 Å². The standard InChI is InChI=1S/C12H16BrNO3/c1-14(7-6-12(16)17)8-11(15)9-2-4-10(13)5-3-9/h2-5,11,15H,6-8H2,1H3,(H,16,17). The van der Waals surface area contributed by atoms with Crippen molar-refractivity contribution in [2.45, 2.75) is 12.5 Å². The van der Waals surface area contributed by atoms with Gasteiger partial charge in [0.1, 0.15) is 0 Å². The van der Waals surface area contributed by atoms with Crippen LogP contribution in [0.3, 0.4) is 0 Å². The summed E-state index contributed by atoms with van der Waals surface area (Å²) in [5, 5.41) is 18.5. The number of carboxylic acids is 1. The fraction of sp³-hybridized carbons (Fsp3) is 0.417. The molecular formula is C12H16BrNO3. The van der Waals surface area contributed by atoms with Crippen molar-refractivity contribution in [3.63, 3.8) is 0 Å². The summed E-state index contributed by atoms with van der Waals surface area (Å²) in [4.78, 5) is 12.2. The molecule has 0 amide bonds. The Kier molecular flexibility index (Phi) is 5.61. The molecule has 0 heterocycles. The molecule has 0 aliphatic rings. The van der Waals surface area contributed by atoms with Crippen LogP contribution in [0.5, 0.6) is 0 Å². The van der Waals surface area contributed by atoms with Crippen molar-refractivity contribution in [1.29, 1.82) is 0 Å². The van der Waals surface area contributed by atoms with E-state index in [-0.39, 0.29) is 6.42 Å². The molecule has 0 aliphatic heterocycles. The molecule has 2 N–H and O–H groups in total. The first-order chi connectivity index (χ1) is 7.99. The lowest BCUT2D eigenvalue weighted by Gasteiger charge is -2.20. The first-order valence-electron chi connectivity index (χ1n) is 5.33. The van der Waals surface area contributed by atoms with Crippen LogP contribution in [0.1, 0.15) is 18.1 Å². The van der Waals surface area contributed by atoms with E-state index in [1.807, 2.05) is 24.3 Å². The van der Waals surface area contributed by atoms with Gasteiger partial charge < -0.3 is 15.1 Å². The van der Waals surface area contributed by atoms with Crippen LogP contribution < -0.4 is 0 Å². The molecule has 1 atom stereocenters. The molecule has 0 spiro atoms. The molecule has 1 unspecified atom stereocenters. The number of aliphatic hydroxyl groups is 1. The molecule has 0 aromatic heterocycles. The third kappa shape index (κ3) is 5.30. The molecule has 0 aliphatic carbocycles. The number of nitrogens with zero attached hydrogens (tertiary/aromatic N) is 1. The van der Waals surface area contributed by atoms with Crippen LogP contribution in [0.15, 0.2) is 28.7 Å². The number of halogens is 1. The van der Waals surface area contributed by atoms with Crippen LogP contribution in [-0.4, -0.2) is 41.2 Å². The lowest BCUT2D eigenvalue weighted by atomic mass is 10.1. The smallest absolute Gasteiger partial charge is 0.304 e. The molecule has 94 valence electrons. The van der Waals surface area contributed by atoms with Gasteiger partial charge in [-0.05, 0) is 24.7 Å². The SMILES string of the molecule is CN(CCC(=O)O)CC(O)c1ccc(Br)cc1. The summed E-state index contributed by atoms with van der Waals surface area (Å²) < 4.78 is 0.965. The summed E-state index contributed by atoms with van der Waals surface area (Å²) in [6, 6.07) is 7.44. The van der Waals surface area contributed by atoms with Crippen molar-refractivity contribution in [2.24, 2.45) is 0 Å². The topological polar surface area (TPSA) is 60.8 Å². The van der Waals surface area contributed by atoms with E-state index in [2.05, 4.69) is 15.9 Å². The van der Waals surface area contributed by atoms with Crippen molar-refractivity contribution in [3.8, 4) is 0 Å². The molecule has 1 rings (SSSR count). The molecule has 1 aromatic rings. The normalized spacial score (nSPS) is 12.7. The van der Waals surface area contributed by atoms with Crippen molar-refractivity contribution in [1.82, 2.24) is 4.90 Å². The van der Waals surface area contributed by atoms with Crippen molar-refractivity contribution in [3.05, 3.63) is 34.3 Å². The molecule has 4 nitrogen and oxygen atoms in total. The minimum absolute atomic E-state index is 0.0869. The predicted octanol–water partition coefficient (Wildman–Crippen LogP) is 1.89. The van der Waals surface area contributed by atoms with Gasteiger partial charge in [-0.3, -0.25) is 4.79 Å². The van der Waals surface area contributed by atoms with E-state index >= 15 is 0 Å². The van der Waals surface area contributed by atoms with E-state index in [0.29, 0.717) is 13.1 Å². The summed E-state index contributed by atoms with van der Waals surface area (Å²) in [5.41, 5.74) is 0.829. The maximum Gasteiger partial charge on any atom is 0.304 e. The largest absolute Gasteiger partial charge is 0.481 e. The number of hydrogen-bond donors (Lipinski definition) is 2. The zero-order valence-corrected chi connectivity index (χ0v) is 11.2. The van der Waals surface area contributed by atoms with E-state index in [1.54, 1.807) is 11.9 Å². The first kappa shape index (κ1) is 14.2. The summed E-state index contributed by atoms with van der Waals surface area (Å²) >= 11 is 3.33. The van der Waals surface area contributed by atoms with E-state index < -0.39 is 12.1 Å². The zero-order valence-electron chi connectivity index (χ0n) is 9.64. The highest BCUT2D eigenvalue weighted by atomic mass is 79.9. The minimum atomic E-state index is -0.824. The molecule has 0 bridgehead atoms. The predicted molar refractivity (Wildman–Crippen MR) is 68.9 cm³/mol. The Labute approximate surface area is 109 Å². The fourth-order valence-corrected chi connectivity index (χ4v) is 1.73. The number of aliphatic carboxylic acids is 1. The van der Waals surface area contributed by atoms with E-state index in [9.17, 15) is 9.90 Å². The van der Waals surface area contributed by atoms with Crippen LogP contribution in [-0.2, 0) is 4.79 Å². The van der Waals surface area contributed by atoms with E-state index in [4.69, 9.17) is 5.11 Å². The van der Waals surface area contributed by atoms with Crippen LogP contribution in [0, 0.1) is 0 Å². The molecule has 1 aromatic carbocycles. The quantitative estimate of drug-likeness (QED) is 0.842. The van der Waals surface area contributed by atoms with Gasteiger partial charge in [0.2, 0.25) is 0 Å². The summed E-state index contributed by atoms with van der Waals surface area (Å²) in [6.45, 7) is 0.859. The second kappa shape index (κ2) is 6.74. The van der Waals surface area contributed by atoms with Gasteiger partial charge in [0.05, 0.1) is 12.5 Å². The Hall–Kier alpha value is -0.910. The van der Waals surface area contributed by atoms with Crippen molar-refractivity contribution >= 4 is 21.9 Å². The van der Waals surface area contributed by atoms with Crippen LogP contribution >= 0.6 is 15.9 Å². The van der Waals surface area contributed by atoms with Gasteiger partial charge in [-0.25, -0.2) is 0 Å². The number of rotatable bonds is 6. The fourth-order valence-electron chi connectivity index (χ4n) is 1.46. The zero-order chi connectivity index (χ0) is 12.8. The third-order valence-corrected chi connectivity index (χ3v) is 2.98. The van der Waals surface area contributed by atoms with Crippen LogP contribution in [0.2, 0.25) is 0 Å². The molecular weight excluding hydrogens is 286 g/mol. The van der Waals surface area contributed by atoms with Crippen molar-refractivity contribution in [2.75, 3.05) is 20.1 Å². The number of carboxylic acid groups (broad SMARTS) is 1. The van der Waals surface area contributed by atoms with Crippen molar-refractivity contribution < 1.29 is 15.0 Å². The van der Waals surface area contributed by atoms with Gasteiger partial charge in [-0.2, -0.15) is 0 Å². The van der Waals surface area contributed by atoms with Gasteiger partial charge in [-0.15, -0.1) is 0 Å². The molecule has 5 heteroatoms. The molecule has 0 saturated heterocycles. The van der Waals surface area contributed by atoms with Gasteiger partial charge in [0.25, 0.3) is 0 Å². The molecule has 0 radical (unpaired) electrons. The second-order valence-electron chi connectivity index (χ2n) is 3.97. The Morgan fingerprint density at radius 1 is 1.41 bits per heavy atom. The van der Waals surface area contributed by atoms with E-state index in [1.165, 1.54) is 0 Å². The molecule has 0 fully saturated rings. The number of hydrogen-bond acceptors (Lipinski definition) is 3. The lowest BCUT2D eigenvalue weighted by Crippen LogP contribution is -2.27. The van der Waals surface area contributed by atoms with Crippen LogP contribution in [0.4, 0.5) is 0 Å². The summed E-state index contributed by atoms with van der Waals surface area (Å²) in [5.74, 6) is -0.824. The minimum Gasteiger partial charge on any atom is -0.481 e. The highest BCUT2D eigenvalue weighted by Crippen LogP contribution is 2.17. The molecule has 17 heavy (non-hydrogen) atoms. The van der Waals surface area contributed by atoms with E-state index in [0.717, 1.165) is 10.0 Å². The average Bonchev–Trinajstić information content (AvgIpc) is 2.27. The highest BCUT2D eigenvalue weighted by molar-refractivity contribution is 9.10. The summed E-state index contributed by atoms with van der Waals surface area (Å²) in [6.07, 6.45) is -0.509. The number of aliphatic hydroxyl groups excluding tert-OH is 1. The van der Waals surface area contributed by atoms with Gasteiger partial charge in [-0.1, -0.05) is 28.1 Å². The molecule has 0 saturated carbocycles. The number of likely N-dealkylation sites (N-methyl/N-ethyl adjacent to an activating group) is 1.